The fourth-order valence-corrected chi connectivity index (χ4v) is 3.22. The van der Waals surface area contributed by atoms with Crippen molar-refractivity contribution in [2.45, 2.75) is 50.0 Å². The summed E-state index contributed by atoms with van der Waals surface area (Å²) in [6.07, 6.45) is 6.04. The number of hydrogen-bond acceptors (Lipinski definition) is 3. The van der Waals surface area contributed by atoms with Crippen molar-refractivity contribution in [2.24, 2.45) is 0 Å². The van der Waals surface area contributed by atoms with Gasteiger partial charge in [0.15, 0.2) is 0 Å². The molecule has 0 spiro atoms. The molecule has 2 rings (SSSR count). The standard InChI is InChI=1S/C15H22N2OS/c1-11-7-8-14(13(16)9-11)19-10-15(18)17-12-5-3-2-4-6-12/h7-9,12H,2-6,10,16H2,1H3,(H,17,18). The van der Waals surface area contributed by atoms with Crippen LogP contribution in [0.3, 0.4) is 0 Å². The molecule has 1 aliphatic carbocycles. The molecule has 3 N–H and O–H groups in total. The van der Waals surface area contributed by atoms with Gasteiger partial charge in [-0.05, 0) is 37.5 Å². The van der Waals surface area contributed by atoms with Crippen molar-refractivity contribution in [3.8, 4) is 0 Å². The lowest BCUT2D eigenvalue weighted by molar-refractivity contribution is -0.119. The maximum atomic E-state index is 11.9. The van der Waals surface area contributed by atoms with Gasteiger partial charge < -0.3 is 11.1 Å². The molecule has 0 atom stereocenters. The van der Waals surface area contributed by atoms with Crippen LogP contribution in [-0.4, -0.2) is 17.7 Å². The molecule has 0 aliphatic heterocycles. The molecule has 19 heavy (non-hydrogen) atoms. The second-order valence-electron chi connectivity index (χ2n) is 5.23. The molecule has 1 fully saturated rings. The van der Waals surface area contributed by atoms with E-state index >= 15 is 0 Å². The molecule has 1 aromatic rings. The first-order valence-electron chi connectivity index (χ1n) is 6.93. The van der Waals surface area contributed by atoms with Gasteiger partial charge in [0.05, 0.1) is 5.75 Å². The lowest BCUT2D eigenvalue weighted by Crippen LogP contribution is -2.37. The molecule has 1 aliphatic rings. The Bertz CT molecular complexity index is 442. The molecule has 0 aromatic heterocycles. The summed E-state index contributed by atoms with van der Waals surface area (Å²) in [6, 6.07) is 6.35. The van der Waals surface area contributed by atoms with Crippen LogP contribution in [0.25, 0.3) is 0 Å². The third kappa shape index (κ3) is 4.46. The Morgan fingerprint density at radius 3 is 2.79 bits per heavy atom. The first-order valence-corrected chi connectivity index (χ1v) is 7.92. The third-order valence-corrected chi connectivity index (χ3v) is 4.58. The fourth-order valence-electron chi connectivity index (χ4n) is 2.46. The molecule has 0 unspecified atom stereocenters. The zero-order valence-electron chi connectivity index (χ0n) is 11.4. The third-order valence-electron chi connectivity index (χ3n) is 3.49. The van der Waals surface area contributed by atoms with Gasteiger partial charge in [0, 0.05) is 16.6 Å². The van der Waals surface area contributed by atoms with Crippen LogP contribution in [0.4, 0.5) is 5.69 Å². The molecule has 1 amide bonds. The highest BCUT2D eigenvalue weighted by Gasteiger charge is 2.15. The summed E-state index contributed by atoms with van der Waals surface area (Å²) in [5.74, 6) is 0.570. The van der Waals surface area contributed by atoms with Crippen LogP contribution >= 0.6 is 11.8 Å². The summed E-state index contributed by atoms with van der Waals surface area (Å²) in [5.41, 5.74) is 7.85. The highest BCUT2D eigenvalue weighted by Crippen LogP contribution is 2.25. The van der Waals surface area contributed by atoms with E-state index in [4.69, 9.17) is 5.73 Å². The highest BCUT2D eigenvalue weighted by atomic mass is 32.2. The summed E-state index contributed by atoms with van der Waals surface area (Å²) in [7, 11) is 0. The molecule has 0 radical (unpaired) electrons. The maximum absolute atomic E-state index is 11.9. The number of carbonyl (C=O) groups excluding carboxylic acids is 1. The fraction of sp³-hybridized carbons (Fsp3) is 0.533. The van der Waals surface area contributed by atoms with Gasteiger partial charge in [0.2, 0.25) is 5.91 Å². The van der Waals surface area contributed by atoms with E-state index in [0.717, 1.165) is 29.0 Å². The van der Waals surface area contributed by atoms with Crippen LogP contribution in [0.5, 0.6) is 0 Å². The van der Waals surface area contributed by atoms with Crippen LogP contribution in [0.2, 0.25) is 0 Å². The summed E-state index contributed by atoms with van der Waals surface area (Å²) in [4.78, 5) is 12.9. The average Bonchev–Trinajstić information content (AvgIpc) is 2.39. The summed E-state index contributed by atoms with van der Waals surface area (Å²) < 4.78 is 0. The van der Waals surface area contributed by atoms with Crippen molar-refractivity contribution < 1.29 is 4.79 Å². The normalized spacial score (nSPS) is 16.3. The quantitative estimate of drug-likeness (QED) is 0.657. The van der Waals surface area contributed by atoms with Gasteiger partial charge in [0.25, 0.3) is 0 Å². The molecule has 104 valence electrons. The van der Waals surface area contributed by atoms with E-state index < -0.39 is 0 Å². The lowest BCUT2D eigenvalue weighted by atomic mass is 9.95. The van der Waals surface area contributed by atoms with Crippen molar-refractivity contribution in [3.63, 3.8) is 0 Å². The number of nitrogens with two attached hydrogens (primary N) is 1. The van der Waals surface area contributed by atoms with Gasteiger partial charge in [-0.3, -0.25) is 4.79 Å². The van der Waals surface area contributed by atoms with Gasteiger partial charge in [-0.1, -0.05) is 25.3 Å². The number of aryl methyl sites for hydroxylation is 1. The molecule has 3 nitrogen and oxygen atoms in total. The lowest BCUT2D eigenvalue weighted by Gasteiger charge is -2.22. The zero-order chi connectivity index (χ0) is 13.7. The van der Waals surface area contributed by atoms with Crippen LogP contribution in [-0.2, 0) is 4.79 Å². The van der Waals surface area contributed by atoms with Gasteiger partial charge >= 0.3 is 0 Å². The molecule has 0 heterocycles. The number of nitrogen functional groups attached to an aromatic ring is 1. The largest absolute Gasteiger partial charge is 0.398 e. The number of nitrogens with one attached hydrogen (secondary N) is 1. The molecular weight excluding hydrogens is 256 g/mol. The summed E-state index contributed by atoms with van der Waals surface area (Å²) in [6.45, 7) is 2.01. The van der Waals surface area contributed by atoms with E-state index in [-0.39, 0.29) is 5.91 Å². The Hall–Kier alpha value is -1.16. The molecule has 0 saturated heterocycles. The van der Waals surface area contributed by atoms with Crippen molar-refractivity contribution in [3.05, 3.63) is 23.8 Å². The van der Waals surface area contributed by atoms with E-state index in [9.17, 15) is 4.79 Å². The van der Waals surface area contributed by atoms with E-state index in [1.165, 1.54) is 31.0 Å². The molecule has 4 heteroatoms. The monoisotopic (exact) mass is 278 g/mol. The van der Waals surface area contributed by atoms with Crippen LogP contribution in [0.15, 0.2) is 23.1 Å². The topological polar surface area (TPSA) is 55.1 Å². The van der Waals surface area contributed by atoms with Crippen molar-refractivity contribution in [1.82, 2.24) is 5.32 Å². The van der Waals surface area contributed by atoms with E-state index in [2.05, 4.69) is 5.32 Å². The smallest absolute Gasteiger partial charge is 0.230 e. The number of rotatable bonds is 4. The first-order chi connectivity index (χ1) is 9.15. The Kier molecular flexibility index (Phi) is 5.14. The minimum absolute atomic E-state index is 0.122. The van der Waals surface area contributed by atoms with Crippen LogP contribution in [0.1, 0.15) is 37.7 Å². The molecule has 1 saturated carbocycles. The van der Waals surface area contributed by atoms with Gasteiger partial charge in [-0.15, -0.1) is 11.8 Å². The molecule has 1 aromatic carbocycles. The Morgan fingerprint density at radius 1 is 1.37 bits per heavy atom. The second-order valence-corrected chi connectivity index (χ2v) is 6.25. The highest BCUT2D eigenvalue weighted by molar-refractivity contribution is 8.00. The SMILES string of the molecule is Cc1ccc(SCC(=O)NC2CCCCC2)c(N)c1. The van der Waals surface area contributed by atoms with Gasteiger partial charge in [0.1, 0.15) is 0 Å². The maximum Gasteiger partial charge on any atom is 0.230 e. The number of hydrogen-bond donors (Lipinski definition) is 2. The summed E-state index contributed by atoms with van der Waals surface area (Å²) in [5, 5.41) is 3.12. The minimum Gasteiger partial charge on any atom is -0.398 e. The Labute approximate surface area is 119 Å². The average molecular weight is 278 g/mol. The first kappa shape index (κ1) is 14.3. The minimum atomic E-state index is 0.122. The van der Waals surface area contributed by atoms with E-state index in [1.54, 1.807) is 0 Å². The molecular formula is C15H22N2OS. The predicted molar refractivity (Wildman–Crippen MR) is 81.3 cm³/mol. The van der Waals surface area contributed by atoms with Crippen LogP contribution < -0.4 is 11.1 Å². The number of benzene rings is 1. The number of amides is 1. The van der Waals surface area contributed by atoms with Gasteiger partial charge in [-0.2, -0.15) is 0 Å². The Balaban J connectivity index is 1.79. The second kappa shape index (κ2) is 6.85. The summed E-state index contributed by atoms with van der Waals surface area (Å²) >= 11 is 1.52. The van der Waals surface area contributed by atoms with E-state index in [1.807, 2.05) is 25.1 Å². The van der Waals surface area contributed by atoms with Crippen molar-refractivity contribution in [2.75, 3.05) is 11.5 Å². The number of thioether (sulfide) groups is 1. The molecule has 0 bridgehead atoms. The number of carbonyl (C=O) groups is 1. The van der Waals surface area contributed by atoms with Crippen molar-refractivity contribution in [1.29, 1.82) is 0 Å². The van der Waals surface area contributed by atoms with E-state index in [0.29, 0.717) is 11.8 Å². The zero-order valence-corrected chi connectivity index (χ0v) is 12.3. The van der Waals surface area contributed by atoms with Crippen molar-refractivity contribution >= 4 is 23.4 Å². The predicted octanol–water partition coefficient (Wildman–Crippen LogP) is 3.12. The van der Waals surface area contributed by atoms with Gasteiger partial charge in [-0.25, -0.2) is 0 Å². The Morgan fingerprint density at radius 2 is 2.11 bits per heavy atom. The van der Waals surface area contributed by atoms with Crippen LogP contribution in [0, 0.1) is 6.92 Å². The number of anilines is 1.